The molecule has 0 aliphatic rings. The topological polar surface area (TPSA) is 75.1 Å². The molecule has 100 valence electrons. The van der Waals surface area contributed by atoms with E-state index < -0.39 is 0 Å². The van der Waals surface area contributed by atoms with Gasteiger partial charge in [0.05, 0.1) is 5.56 Å². The average molecular weight is 260 g/mol. The molecule has 0 aliphatic carbocycles. The number of H-pyrrole nitrogens is 1. The number of hydrogen-bond acceptors (Lipinski definition) is 3. The summed E-state index contributed by atoms with van der Waals surface area (Å²) >= 11 is 0. The number of amides is 1. The highest BCUT2D eigenvalue weighted by Gasteiger charge is 2.20. The fourth-order valence-electron chi connectivity index (χ4n) is 1.82. The molecule has 1 amide bonds. The first-order valence-electron chi connectivity index (χ1n) is 6.21. The summed E-state index contributed by atoms with van der Waals surface area (Å²) in [5.41, 5.74) is 0.700. The van der Waals surface area contributed by atoms with Crippen molar-refractivity contribution in [3.63, 3.8) is 0 Å². The van der Waals surface area contributed by atoms with Gasteiger partial charge < -0.3 is 4.52 Å². The van der Waals surface area contributed by atoms with E-state index in [1.807, 2.05) is 19.9 Å². The highest BCUT2D eigenvalue weighted by molar-refractivity contribution is 6.03. The zero-order valence-electron chi connectivity index (χ0n) is 10.9. The minimum absolute atomic E-state index is 0.0218. The summed E-state index contributed by atoms with van der Waals surface area (Å²) in [6, 6.07) is 8.78. The van der Waals surface area contributed by atoms with Gasteiger partial charge in [0, 0.05) is 5.56 Å². The number of nitrogens with one attached hydrogen (secondary N) is 2. The molecular weight excluding hydrogens is 244 g/mol. The molecule has 1 heterocycles. The van der Waals surface area contributed by atoms with E-state index >= 15 is 0 Å². The summed E-state index contributed by atoms with van der Waals surface area (Å²) in [4.78, 5) is 23.7. The fraction of sp³-hybridized carbons (Fsp3) is 0.286. The summed E-state index contributed by atoms with van der Waals surface area (Å²) in [5.74, 6) is -0.0744. The number of carbonyl (C=O) groups excluding carboxylic acids is 1. The first-order valence-corrected chi connectivity index (χ1v) is 6.21. The normalized spacial score (nSPS) is 12.1. The lowest BCUT2D eigenvalue weighted by Crippen LogP contribution is -2.15. The summed E-state index contributed by atoms with van der Waals surface area (Å²) in [6.07, 6.45) is 0.789. The quantitative estimate of drug-likeness (QED) is 0.887. The maximum absolute atomic E-state index is 12.0. The van der Waals surface area contributed by atoms with Crippen molar-refractivity contribution >= 4 is 11.8 Å². The third-order valence-electron chi connectivity index (χ3n) is 3.10. The van der Waals surface area contributed by atoms with Gasteiger partial charge in [-0.3, -0.25) is 14.9 Å². The molecule has 1 atom stereocenters. The monoisotopic (exact) mass is 260 g/mol. The highest BCUT2D eigenvalue weighted by atomic mass is 16.5. The Balaban J connectivity index is 2.25. The molecule has 0 bridgehead atoms. The zero-order chi connectivity index (χ0) is 13.8. The van der Waals surface area contributed by atoms with Crippen LogP contribution in [0.3, 0.4) is 0 Å². The molecular formula is C14H16N2O3. The fourth-order valence-corrected chi connectivity index (χ4v) is 1.82. The van der Waals surface area contributed by atoms with Crippen LogP contribution in [0.25, 0.3) is 0 Å². The zero-order valence-corrected chi connectivity index (χ0v) is 10.9. The van der Waals surface area contributed by atoms with Crippen molar-refractivity contribution in [2.75, 3.05) is 5.32 Å². The van der Waals surface area contributed by atoms with Crippen LogP contribution in [0.15, 0.2) is 39.6 Å². The van der Waals surface area contributed by atoms with Gasteiger partial charge in [-0.2, -0.15) is 5.16 Å². The second kappa shape index (κ2) is 5.56. The van der Waals surface area contributed by atoms with E-state index in [-0.39, 0.29) is 23.3 Å². The van der Waals surface area contributed by atoms with Crippen molar-refractivity contribution in [2.24, 2.45) is 0 Å². The van der Waals surface area contributed by atoms with Gasteiger partial charge in [-0.05, 0) is 24.5 Å². The summed E-state index contributed by atoms with van der Waals surface area (Å²) < 4.78 is 5.04. The molecule has 0 radical (unpaired) electrons. The maximum Gasteiger partial charge on any atom is 0.285 e. The Morgan fingerprint density at radius 1 is 1.37 bits per heavy atom. The maximum atomic E-state index is 12.0. The second-order valence-corrected chi connectivity index (χ2v) is 4.41. The van der Waals surface area contributed by atoms with Gasteiger partial charge in [0.15, 0.2) is 0 Å². The van der Waals surface area contributed by atoms with Crippen LogP contribution in [-0.2, 0) is 0 Å². The van der Waals surface area contributed by atoms with Crippen LogP contribution in [-0.4, -0.2) is 11.1 Å². The van der Waals surface area contributed by atoms with Crippen LogP contribution in [0.2, 0.25) is 0 Å². The Morgan fingerprint density at radius 3 is 2.68 bits per heavy atom. The van der Waals surface area contributed by atoms with E-state index in [4.69, 9.17) is 4.52 Å². The van der Waals surface area contributed by atoms with E-state index in [9.17, 15) is 9.59 Å². The summed E-state index contributed by atoms with van der Waals surface area (Å²) in [5, 5.41) is 4.89. The van der Waals surface area contributed by atoms with Crippen molar-refractivity contribution in [3.8, 4) is 0 Å². The number of aromatic amines is 1. The van der Waals surface area contributed by atoms with Crippen molar-refractivity contribution in [3.05, 3.63) is 51.8 Å². The van der Waals surface area contributed by atoms with E-state index in [1.54, 1.807) is 24.3 Å². The molecule has 2 N–H and O–H groups in total. The smallest absolute Gasteiger partial charge is 0.285 e. The largest absolute Gasteiger partial charge is 0.360 e. The predicted molar refractivity (Wildman–Crippen MR) is 72.4 cm³/mol. The Kier molecular flexibility index (Phi) is 3.85. The minimum Gasteiger partial charge on any atom is -0.360 e. The molecule has 5 nitrogen and oxygen atoms in total. The van der Waals surface area contributed by atoms with E-state index in [0.29, 0.717) is 11.1 Å². The van der Waals surface area contributed by atoms with Gasteiger partial charge in [0.2, 0.25) is 5.88 Å². The van der Waals surface area contributed by atoms with Gasteiger partial charge in [-0.15, -0.1) is 0 Å². The van der Waals surface area contributed by atoms with Crippen molar-refractivity contribution in [1.82, 2.24) is 5.16 Å². The highest BCUT2D eigenvalue weighted by Crippen LogP contribution is 2.23. The Morgan fingerprint density at radius 2 is 2.05 bits per heavy atom. The molecule has 0 saturated heterocycles. The predicted octanol–water partition coefficient (Wildman–Crippen LogP) is 2.73. The minimum atomic E-state index is -0.298. The molecule has 0 unspecified atom stereocenters. The van der Waals surface area contributed by atoms with Gasteiger partial charge >= 0.3 is 0 Å². The molecule has 1 aromatic carbocycles. The summed E-state index contributed by atoms with van der Waals surface area (Å²) in [7, 11) is 0. The van der Waals surface area contributed by atoms with Crippen LogP contribution in [0.1, 0.15) is 42.1 Å². The average Bonchev–Trinajstić information content (AvgIpc) is 2.80. The molecule has 1 aromatic heterocycles. The van der Waals surface area contributed by atoms with Crippen LogP contribution in [0.5, 0.6) is 0 Å². The van der Waals surface area contributed by atoms with Crippen LogP contribution in [0, 0.1) is 0 Å². The molecule has 0 aliphatic heterocycles. The molecule has 0 spiro atoms. The van der Waals surface area contributed by atoms with Gasteiger partial charge in [-0.25, -0.2) is 0 Å². The van der Waals surface area contributed by atoms with E-state index in [0.717, 1.165) is 6.42 Å². The van der Waals surface area contributed by atoms with Crippen LogP contribution >= 0.6 is 0 Å². The molecule has 0 saturated carbocycles. The van der Waals surface area contributed by atoms with E-state index in [2.05, 4.69) is 10.5 Å². The lowest BCUT2D eigenvalue weighted by Gasteiger charge is -2.07. The SMILES string of the molecule is CC[C@H](C)c1c(NC(=O)c2ccccc2)o[nH]c1=O. The van der Waals surface area contributed by atoms with Crippen molar-refractivity contribution < 1.29 is 9.32 Å². The third-order valence-corrected chi connectivity index (χ3v) is 3.10. The lowest BCUT2D eigenvalue weighted by atomic mass is 10.0. The standard InChI is InChI=1S/C14H16N2O3/c1-3-9(2)11-13(18)16-19-14(11)15-12(17)10-7-5-4-6-8-10/h4-9H,3H2,1-2H3,(H,15,17)(H,16,18)/t9-/m0/s1. The Hall–Kier alpha value is -2.30. The van der Waals surface area contributed by atoms with Gasteiger partial charge in [0.1, 0.15) is 0 Å². The Bertz CT molecular complexity index is 613. The van der Waals surface area contributed by atoms with E-state index in [1.165, 1.54) is 0 Å². The number of benzene rings is 1. The lowest BCUT2D eigenvalue weighted by molar-refractivity contribution is 0.102. The first kappa shape index (κ1) is 13.1. The van der Waals surface area contributed by atoms with Crippen molar-refractivity contribution in [1.29, 1.82) is 0 Å². The number of hydrogen-bond donors (Lipinski definition) is 2. The van der Waals surface area contributed by atoms with Gasteiger partial charge in [-0.1, -0.05) is 32.0 Å². The van der Waals surface area contributed by atoms with Gasteiger partial charge in [0.25, 0.3) is 11.5 Å². The van der Waals surface area contributed by atoms with Crippen LogP contribution < -0.4 is 10.9 Å². The first-order chi connectivity index (χ1) is 9.13. The molecule has 2 rings (SSSR count). The number of rotatable bonds is 4. The second-order valence-electron chi connectivity index (χ2n) is 4.41. The number of anilines is 1. The number of carbonyl (C=O) groups is 1. The number of aromatic nitrogens is 1. The molecule has 2 aromatic rings. The Labute approximate surface area is 110 Å². The van der Waals surface area contributed by atoms with Crippen molar-refractivity contribution in [2.45, 2.75) is 26.2 Å². The molecule has 0 fully saturated rings. The van der Waals surface area contributed by atoms with Crippen LogP contribution in [0.4, 0.5) is 5.88 Å². The molecule has 5 heteroatoms. The molecule has 19 heavy (non-hydrogen) atoms. The summed E-state index contributed by atoms with van der Waals surface area (Å²) in [6.45, 7) is 3.89. The third kappa shape index (κ3) is 2.76.